The van der Waals surface area contributed by atoms with E-state index < -0.39 is 0 Å². The van der Waals surface area contributed by atoms with Crippen LogP contribution in [-0.4, -0.2) is 22.8 Å². The fourth-order valence-corrected chi connectivity index (χ4v) is 0.825. The zero-order chi connectivity index (χ0) is 9.68. The molecule has 0 N–H and O–H groups in total. The molecule has 1 heterocycles. The molecule has 1 rings (SSSR count). The first-order valence-electron chi connectivity index (χ1n) is 3.85. The van der Waals surface area contributed by atoms with Crippen LogP contribution in [0.25, 0.3) is 0 Å². The number of aryl methyl sites for hydroxylation is 1. The van der Waals surface area contributed by atoms with Gasteiger partial charge in [0.05, 0.1) is 12.8 Å². The number of hydrogen-bond donors (Lipinski definition) is 0. The Morgan fingerprint density at radius 1 is 1.85 bits per heavy atom. The van der Waals surface area contributed by atoms with Crippen LogP contribution in [0.15, 0.2) is 11.2 Å². The number of aliphatic imine (C=N–C) groups is 1. The fourth-order valence-electron chi connectivity index (χ4n) is 0.825. The summed E-state index contributed by atoms with van der Waals surface area (Å²) in [6, 6.07) is 1.99. The van der Waals surface area contributed by atoms with Crippen LogP contribution in [0.5, 0.6) is 0 Å². The summed E-state index contributed by atoms with van der Waals surface area (Å²) in [6.45, 7) is 2.42. The van der Waals surface area contributed by atoms with Gasteiger partial charge < -0.3 is 4.74 Å². The third-order valence-electron chi connectivity index (χ3n) is 1.44. The predicted molar refractivity (Wildman–Crippen MR) is 47.7 cm³/mol. The molecule has 68 valence electrons. The van der Waals surface area contributed by atoms with Gasteiger partial charge in [0.25, 0.3) is 0 Å². The third kappa shape index (κ3) is 2.06. The van der Waals surface area contributed by atoms with Crippen molar-refractivity contribution < 1.29 is 4.74 Å². The molecular formula is C8H10N4O. The van der Waals surface area contributed by atoms with E-state index >= 15 is 0 Å². The lowest BCUT2D eigenvalue weighted by Crippen LogP contribution is -1.90. The van der Waals surface area contributed by atoms with Gasteiger partial charge in [-0.1, -0.05) is 0 Å². The number of nitriles is 1. The van der Waals surface area contributed by atoms with E-state index in [1.54, 1.807) is 7.05 Å². The Morgan fingerprint density at radius 3 is 3.23 bits per heavy atom. The highest BCUT2D eigenvalue weighted by Crippen LogP contribution is 2.15. The summed E-state index contributed by atoms with van der Waals surface area (Å²) in [6.07, 6.45) is 2.79. The summed E-state index contributed by atoms with van der Waals surface area (Å²) >= 11 is 0. The summed E-state index contributed by atoms with van der Waals surface area (Å²) in [5.41, 5.74) is 0.443. The highest BCUT2D eigenvalue weighted by molar-refractivity contribution is 5.58. The zero-order valence-electron chi connectivity index (χ0n) is 7.56. The Labute approximate surface area is 76.3 Å². The molecule has 0 spiro atoms. The van der Waals surface area contributed by atoms with Gasteiger partial charge in [-0.05, 0) is 6.92 Å². The maximum absolute atomic E-state index is 8.67. The van der Waals surface area contributed by atoms with Crippen molar-refractivity contribution in [1.82, 2.24) is 9.78 Å². The normalized spacial score (nSPS) is 10.2. The fraction of sp³-hybridized carbons (Fsp3) is 0.375. The molecule has 0 saturated heterocycles. The van der Waals surface area contributed by atoms with Crippen LogP contribution < -0.4 is 0 Å². The van der Waals surface area contributed by atoms with Crippen molar-refractivity contribution in [3.8, 4) is 6.07 Å². The van der Waals surface area contributed by atoms with Gasteiger partial charge in [-0.3, -0.25) is 0 Å². The molecule has 0 atom stereocenters. The van der Waals surface area contributed by atoms with Gasteiger partial charge >= 0.3 is 0 Å². The van der Waals surface area contributed by atoms with E-state index in [1.165, 1.54) is 17.3 Å². The molecule has 0 amide bonds. The molecule has 0 aliphatic heterocycles. The van der Waals surface area contributed by atoms with Gasteiger partial charge in [-0.15, -0.1) is 0 Å². The molecule has 13 heavy (non-hydrogen) atoms. The summed E-state index contributed by atoms with van der Waals surface area (Å²) in [5.74, 6) is 0.510. The van der Waals surface area contributed by atoms with E-state index in [9.17, 15) is 0 Å². The van der Waals surface area contributed by atoms with Gasteiger partial charge in [0.2, 0.25) is 0 Å². The van der Waals surface area contributed by atoms with Crippen LogP contribution in [0.1, 0.15) is 12.5 Å². The molecule has 0 aliphatic carbocycles. The van der Waals surface area contributed by atoms with Crippen molar-refractivity contribution in [3.05, 3.63) is 11.8 Å². The highest BCUT2D eigenvalue weighted by atomic mass is 16.5. The van der Waals surface area contributed by atoms with Gasteiger partial charge in [0.15, 0.2) is 12.2 Å². The first-order valence-corrected chi connectivity index (χ1v) is 3.85. The maximum Gasteiger partial charge on any atom is 0.176 e. The van der Waals surface area contributed by atoms with Crippen LogP contribution in [-0.2, 0) is 11.8 Å². The summed E-state index contributed by atoms with van der Waals surface area (Å²) in [7, 11) is 1.72. The van der Waals surface area contributed by atoms with Gasteiger partial charge in [-0.2, -0.15) is 15.4 Å². The Kier molecular flexibility index (Phi) is 3.03. The lowest BCUT2D eigenvalue weighted by Gasteiger charge is -1.94. The molecule has 0 bridgehead atoms. The first-order chi connectivity index (χ1) is 6.29. The third-order valence-corrected chi connectivity index (χ3v) is 1.44. The number of ether oxygens (including phenoxy) is 1. The largest absolute Gasteiger partial charge is 0.483 e. The summed E-state index contributed by atoms with van der Waals surface area (Å²) < 4.78 is 6.44. The second-order valence-electron chi connectivity index (χ2n) is 2.31. The highest BCUT2D eigenvalue weighted by Gasteiger charge is 2.04. The van der Waals surface area contributed by atoms with E-state index in [0.29, 0.717) is 18.0 Å². The smallest absolute Gasteiger partial charge is 0.176 e. The van der Waals surface area contributed by atoms with E-state index in [1.807, 2.05) is 13.0 Å². The van der Waals surface area contributed by atoms with Crippen LogP contribution >= 0.6 is 0 Å². The zero-order valence-corrected chi connectivity index (χ0v) is 7.56. The standard InChI is InChI=1S/C8H10N4O/c1-3-13-6-10-8-7(4-9)5-11-12(8)2/h5-6H,3H2,1-2H3/b10-6+. The molecule has 5 nitrogen and oxygen atoms in total. The van der Waals surface area contributed by atoms with E-state index in [-0.39, 0.29) is 0 Å². The van der Waals surface area contributed by atoms with Crippen LogP contribution in [0.4, 0.5) is 5.82 Å². The Bertz CT molecular complexity index is 348. The van der Waals surface area contributed by atoms with E-state index in [4.69, 9.17) is 10.00 Å². The lowest BCUT2D eigenvalue weighted by molar-refractivity contribution is 0.343. The van der Waals surface area contributed by atoms with Crippen LogP contribution in [0.2, 0.25) is 0 Å². The van der Waals surface area contributed by atoms with Crippen molar-refractivity contribution in [2.45, 2.75) is 6.92 Å². The predicted octanol–water partition coefficient (Wildman–Crippen LogP) is 0.988. The van der Waals surface area contributed by atoms with Gasteiger partial charge in [0.1, 0.15) is 11.6 Å². The van der Waals surface area contributed by atoms with Crippen molar-refractivity contribution in [2.75, 3.05) is 6.61 Å². The SMILES string of the molecule is CCO/C=N/c1c(C#N)cnn1C. The minimum absolute atomic E-state index is 0.443. The molecule has 0 fully saturated rings. The Hall–Kier alpha value is -1.83. The molecule has 5 heteroatoms. The second kappa shape index (κ2) is 4.26. The Morgan fingerprint density at radius 2 is 2.62 bits per heavy atom. The molecule has 0 unspecified atom stereocenters. The van der Waals surface area contributed by atoms with Gasteiger partial charge in [-0.25, -0.2) is 4.68 Å². The van der Waals surface area contributed by atoms with Crippen LogP contribution in [0.3, 0.4) is 0 Å². The summed E-state index contributed by atoms with van der Waals surface area (Å²) in [4.78, 5) is 3.96. The molecule has 0 aliphatic rings. The van der Waals surface area contributed by atoms with Gasteiger partial charge in [0, 0.05) is 7.05 Å². The molecular weight excluding hydrogens is 168 g/mol. The quantitative estimate of drug-likeness (QED) is 0.512. The monoisotopic (exact) mass is 178 g/mol. The number of hydrogen-bond acceptors (Lipinski definition) is 4. The molecule has 0 radical (unpaired) electrons. The summed E-state index contributed by atoms with van der Waals surface area (Å²) in [5, 5.41) is 12.6. The van der Waals surface area contributed by atoms with Crippen molar-refractivity contribution in [3.63, 3.8) is 0 Å². The van der Waals surface area contributed by atoms with Crippen LogP contribution in [0, 0.1) is 11.3 Å². The van der Waals surface area contributed by atoms with E-state index in [2.05, 4.69) is 10.1 Å². The number of aromatic nitrogens is 2. The van der Waals surface area contributed by atoms with Crippen molar-refractivity contribution in [1.29, 1.82) is 5.26 Å². The molecule has 1 aromatic rings. The van der Waals surface area contributed by atoms with E-state index in [0.717, 1.165) is 0 Å². The Balaban J connectivity index is 2.87. The number of nitrogens with zero attached hydrogens (tertiary/aromatic N) is 4. The van der Waals surface area contributed by atoms with Crippen molar-refractivity contribution in [2.24, 2.45) is 12.0 Å². The average molecular weight is 178 g/mol. The molecule has 0 saturated carbocycles. The topological polar surface area (TPSA) is 63.2 Å². The average Bonchev–Trinajstić information content (AvgIpc) is 2.48. The lowest BCUT2D eigenvalue weighted by atomic mass is 10.4. The van der Waals surface area contributed by atoms with Crippen molar-refractivity contribution >= 4 is 12.2 Å². The second-order valence-corrected chi connectivity index (χ2v) is 2.31. The minimum atomic E-state index is 0.443. The first kappa shape index (κ1) is 9.26. The minimum Gasteiger partial charge on any atom is -0.483 e. The number of rotatable bonds is 3. The maximum atomic E-state index is 8.67. The molecule has 1 aromatic heterocycles. The molecule has 0 aromatic carbocycles.